The van der Waals surface area contributed by atoms with E-state index < -0.39 is 0 Å². The van der Waals surface area contributed by atoms with Gasteiger partial charge >= 0.3 is 0 Å². The zero-order chi connectivity index (χ0) is 18.3. The highest BCUT2D eigenvalue weighted by molar-refractivity contribution is 6.22. The van der Waals surface area contributed by atoms with Gasteiger partial charge < -0.3 is 4.74 Å². The minimum atomic E-state index is -0.240. The fraction of sp³-hybridized carbons (Fsp3) is 0.273. The maximum atomic E-state index is 12.8. The summed E-state index contributed by atoms with van der Waals surface area (Å²) in [6.07, 6.45) is 4.69. The van der Waals surface area contributed by atoms with Gasteiger partial charge in [0.05, 0.1) is 17.5 Å². The van der Waals surface area contributed by atoms with Crippen molar-refractivity contribution in [3.8, 4) is 11.5 Å². The molecular formula is C22H21NO3. The molecule has 1 fully saturated rings. The highest BCUT2D eigenvalue weighted by atomic mass is 16.5. The first-order chi connectivity index (χ1) is 12.5. The third kappa shape index (κ3) is 2.81. The number of carbonyl (C=O) groups excluding carboxylic acids is 2. The number of imide groups is 1. The average Bonchev–Trinajstić information content (AvgIpc) is 2.88. The summed E-state index contributed by atoms with van der Waals surface area (Å²) in [6, 6.07) is 14.9. The molecular weight excluding hydrogens is 326 g/mol. The van der Waals surface area contributed by atoms with Crippen molar-refractivity contribution in [3.63, 3.8) is 0 Å². The topological polar surface area (TPSA) is 46.6 Å². The Balaban J connectivity index is 1.55. The van der Waals surface area contributed by atoms with Crippen molar-refractivity contribution in [2.45, 2.75) is 20.3 Å². The molecule has 1 aliphatic carbocycles. The molecule has 0 unspecified atom stereocenters. The van der Waals surface area contributed by atoms with E-state index in [9.17, 15) is 9.59 Å². The van der Waals surface area contributed by atoms with E-state index in [1.807, 2.05) is 50.3 Å². The van der Waals surface area contributed by atoms with Gasteiger partial charge in [-0.05, 0) is 61.2 Å². The normalized spacial score (nSPS) is 24.7. The van der Waals surface area contributed by atoms with Crippen LogP contribution in [0.25, 0.3) is 0 Å². The molecule has 4 nitrogen and oxygen atoms in total. The third-order valence-corrected chi connectivity index (χ3v) is 5.19. The molecule has 2 aliphatic rings. The SMILES string of the molecule is Cc1cccc(Oc2ccc(N3C(=O)[C@H]4[C@H](C)C=CC[C@@H]4C3=O)cc2)c1. The van der Waals surface area contributed by atoms with E-state index in [4.69, 9.17) is 4.74 Å². The Hall–Kier alpha value is -2.88. The van der Waals surface area contributed by atoms with Gasteiger partial charge in [0.25, 0.3) is 0 Å². The van der Waals surface area contributed by atoms with Gasteiger partial charge in [0, 0.05) is 0 Å². The second-order valence-corrected chi connectivity index (χ2v) is 7.08. The Labute approximate surface area is 153 Å². The molecule has 132 valence electrons. The van der Waals surface area contributed by atoms with Crippen molar-refractivity contribution in [2.75, 3.05) is 4.90 Å². The molecule has 0 N–H and O–H groups in total. The predicted molar refractivity (Wildman–Crippen MR) is 100 cm³/mol. The summed E-state index contributed by atoms with van der Waals surface area (Å²) in [5.41, 5.74) is 1.73. The Kier molecular flexibility index (Phi) is 4.11. The number of hydrogen-bond donors (Lipinski definition) is 0. The average molecular weight is 347 g/mol. The lowest BCUT2D eigenvalue weighted by Crippen LogP contribution is -2.31. The van der Waals surface area contributed by atoms with Crippen molar-refractivity contribution in [3.05, 3.63) is 66.2 Å². The summed E-state index contributed by atoms with van der Waals surface area (Å²) < 4.78 is 5.84. The number of fused-ring (bicyclic) bond motifs is 1. The third-order valence-electron chi connectivity index (χ3n) is 5.19. The van der Waals surface area contributed by atoms with Gasteiger partial charge in [-0.1, -0.05) is 31.2 Å². The second kappa shape index (κ2) is 6.45. The van der Waals surface area contributed by atoms with Crippen molar-refractivity contribution >= 4 is 17.5 Å². The van der Waals surface area contributed by atoms with Crippen LogP contribution in [0, 0.1) is 24.7 Å². The van der Waals surface area contributed by atoms with Gasteiger partial charge in [-0.15, -0.1) is 0 Å². The number of aryl methyl sites for hydroxylation is 1. The number of nitrogens with zero attached hydrogens (tertiary/aromatic N) is 1. The summed E-state index contributed by atoms with van der Waals surface area (Å²) in [6.45, 7) is 4.01. The first-order valence-corrected chi connectivity index (χ1v) is 8.93. The largest absolute Gasteiger partial charge is 0.457 e. The lowest BCUT2D eigenvalue weighted by Gasteiger charge is -2.22. The first kappa shape index (κ1) is 16.6. The number of benzene rings is 2. The number of amides is 2. The van der Waals surface area contributed by atoms with Gasteiger partial charge in [-0.3, -0.25) is 14.5 Å². The first-order valence-electron chi connectivity index (χ1n) is 8.93. The van der Waals surface area contributed by atoms with Crippen LogP contribution in [0.4, 0.5) is 5.69 Å². The van der Waals surface area contributed by atoms with E-state index in [-0.39, 0.29) is 29.6 Å². The molecule has 1 aliphatic heterocycles. The van der Waals surface area contributed by atoms with Crippen LogP contribution in [0.2, 0.25) is 0 Å². The number of rotatable bonds is 3. The Bertz CT molecular complexity index is 885. The molecule has 26 heavy (non-hydrogen) atoms. The van der Waals surface area contributed by atoms with Crippen molar-refractivity contribution in [1.29, 1.82) is 0 Å². The number of ether oxygens (including phenoxy) is 1. The van der Waals surface area contributed by atoms with E-state index in [2.05, 4.69) is 0 Å². The van der Waals surface area contributed by atoms with Gasteiger partial charge in [0.15, 0.2) is 0 Å². The fourth-order valence-electron chi connectivity index (χ4n) is 3.88. The fourth-order valence-corrected chi connectivity index (χ4v) is 3.88. The zero-order valence-electron chi connectivity index (χ0n) is 14.9. The summed E-state index contributed by atoms with van der Waals surface area (Å²) in [4.78, 5) is 26.9. The molecule has 1 heterocycles. The number of anilines is 1. The molecule has 2 amide bonds. The van der Waals surface area contributed by atoms with Crippen molar-refractivity contribution < 1.29 is 14.3 Å². The summed E-state index contributed by atoms with van der Waals surface area (Å²) in [7, 11) is 0. The summed E-state index contributed by atoms with van der Waals surface area (Å²) in [5, 5.41) is 0. The molecule has 3 atom stereocenters. The lowest BCUT2D eigenvalue weighted by molar-refractivity contribution is -0.122. The molecule has 0 spiro atoms. The van der Waals surface area contributed by atoms with Crippen LogP contribution in [0.3, 0.4) is 0 Å². The van der Waals surface area contributed by atoms with Crippen molar-refractivity contribution in [2.24, 2.45) is 17.8 Å². The molecule has 2 aromatic carbocycles. The Morgan fingerprint density at radius 1 is 1.00 bits per heavy atom. The maximum absolute atomic E-state index is 12.8. The van der Waals surface area contributed by atoms with Crippen LogP contribution in [0.5, 0.6) is 11.5 Å². The van der Waals surface area contributed by atoms with E-state index in [1.54, 1.807) is 24.3 Å². The van der Waals surface area contributed by atoms with Crippen LogP contribution < -0.4 is 9.64 Å². The van der Waals surface area contributed by atoms with Gasteiger partial charge in [0.1, 0.15) is 11.5 Å². The highest BCUT2D eigenvalue weighted by Crippen LogP contribution is 2.40. The van der Waals surface area contributed by atoms with Gasteiger partial charge in [0.2, 0.25) is 11.8 Å². The highest BCUT2D eigenvalue weighted by Gasteiger charge is 2.50. The van der Waals surface area contributed by atoms with Crippen LogP contribution in [0.1, 0.15) is 18.9 Å². The van der Waals surface area contributed by atoms with E-state index in [0.717, 1.165) is 11.3 Å². The molecule has 1 saturated heterocycles. The smallest absolute Gasteiger partial charge is 0.238 e. The van der Waals surface area contributed by atoms with Crippen LogP contribution in [-0.4, -0.2) is 11.8 Å². The number of carbonyl (C=O) groups is 2. The van der Waals surface area contributed by atoms with E-state index in [0.29, 0.717) is 17.9 Å². The van der Waals surface area contributed by atoms with Crippen molar-refractivity contribution in [1.82, 2.24) is 0 Å². The maximum Gasteiger partial charge on any atom is 0.238 e. The summed E-state index contributed by atoms with van der Waals surface area (Å²) >= 11 is 0. The molecule has 0 bridgehead atoms. The minimum Gasteiger partial charge on any atom is -0.457 e. The van der Waals surface area contributed by atoms with Crippen LogP contribution in [-0.2, 0) is 9.59 Å². The second-order valence-electron chi connectivity index (χ2n) is 7.08. The molecule has 0 saturated carbocycles. The molecule has 0 radical (unpaired) electrons. The van der Waals surface area contributed by atoms with E-state index in [1.165, 1.54) is 4.90 Å². The monoisotopic (exact) mass is 347 g/mol. The number of allylic oxidation sites excluding steroid dienone is 2. The standard InChI is InChI=1S/C22H21NO3/c1-14-5-3-7-18(13-14)26-17-11-9-16(10-12-17)23-21(24)19-8-4-6-15(2)20(19)22(23)25/h3-7,9-13,15,19-20H,8H2,1-2H3/t15-,19+,20+/m1/s1. The quantitative estimate of drug-likeness (QED) is 0.607. The van der Waals surface area contributed by atoms with Gasteiger partial charge in [-0.25, -0.2) is 0 Å². The Morgan fingerprint density at radius 2 is 1.77 bits per heavy atom. The van der Waals surface area contributed by atoms with Gasteiger partial charge in [-0.2, -0.15) is 0 Å². The number of hydrogen-bond acceptors (Lipinski definition) is 3. The van der Waals surface area contributed by atoms with E-state index >= 15 is 0 Å². The zero-order valence-corrected chi connectivity index (χ0v) is 14.9. The molecule has 0 aromatic heterocycles. The molecule has 2 aromatic rings. The Morgan fingerprint density at radius 3 is 2.46 bits per heavy atom. The van der Waals surface area contributed by atoms with Crippen LogP contribution in [0.15, 0.2) is 60.7 Å². The predicted octanol–water partition coefficient (Wildman–Crippen LogP) is 4.49. The summed E-state index contributed by atoms with van der Waals surface area (Å²) in [5.74, 6) is 0.871. The van der Waals surface area contributed by atoms with Crippen LogP contribution >= 0.6 is 0 Å². The molecule has 4 heteroatoms. The molecule has 4 rings (SSSR count). The lowest BCUT2D eigenvalue weighted by atomic mass is 9.78. The minimum absolute atomic E-state index is 0.0933.